The predicted molar refractivity (Wildman–Crippen MR) is 51.0 cm³/mol. The Balaban J connectivity index is 2.87. The SMILES string of the molecule is COc1cc(OC(=O)C(C)=O)ccc1O. The Labute approximate surface area is 86.2 Å². The number of ether oxygens (including phenoxy) is 2. The maximum Gasteiger partial charge on any atom is 0.379 e. The average molecular weight is 210 g/mol. The summed E-state index contributed by atoms with van der Waals surface area (Å²) in [5.41, 5.74) is 0. The third-order valence-corrected chi connectivity index (χ3v) is 1.65. The highest BCUT2D eigenvalue weighted by molar-refractivity contribution is 6.33. The number of esters is 1. The fourth-order valence-corrected chi connectivity index (χ4v) is 0.900. The lowest BCUT2D eigenvalue weighted by Crippen LogP contribution is -2.16. The molecule has 0 bridgehead atoms. The van der Waals surface area contributed by atoms with E-state index in [2.05, 4.69) is 0 Å². The topological polar surface area (TPSA) is 72.8 Å². The van der Waals surface area contributed by atoms with E-state index in [1.165, 1.54) is 25.3 Å². The van der Waals surface area contributed by atoms with E-state index in [1.807, 2.05) is 0 Å². The van der Waals surface area contributed by atoms with Gasteiger partial charge in [-0.05, 0) is 12.1 Å². The second-order valence-electron chi connectivity index (χ2n) is 2.78. The van der Waals surface area contributed by atoms with Crippen molar-refractivity contribution in [3.05, 3.63) is 18.2 Å². The zero-order chi connectivity index (χ0) is 11.4. The molecule has 0 aliphatic carbocycles. The Morgan fingerprint density at radius 2 is 2.00 bits per heavy atom. The van der Waals surface area contributed by atoms with Gasteiger partial charge < -0.3 is 14.6 Å². The van der Waals surface area contributed by atoms with Gasteiger partial charge in [-0.15, -0.1) is 0 Å². The smallest absolute Gasteiger partial charge is 0.379 e. The molecule has 0 fully saturated rings. The van der Waals surface area contributed by atoms with Crippen LogP contribution in [0, 0.1) is 0 Å². The van der Waals surface area contributed by atoms with Crippen molar-refractivity contribution in [2.24, 2.45) is 0 Å². The zero-order valence-corrected chi connectivity index (χ0v) is 8.31. The molecule has 0 unspecified atom stereocenters. The molecule has 1 N–H and O–H groups in total. The van der Waals surface area contributed by atoms with Crippen LogP contribution in [0.15, 0.2) is 18.2 Å². The molecule has 1 aromatic rings. The number of phenolic OH excluding ortho intramolecular Hbond substituents is 1. The first-order valence-electron chi connectivity index (χ1n) is 4.14. The summed E-state index contributed by atoms with van der Waals surface area (Å²) >= 11 is 0. The summed E-state index contributed by atoms with van der Waals surface area (Å²) in [6, 6.07) is 3.98. The normalized spacial score (nSPS) is 9.47. The highest BCUT2D eigenvalue weighted by Crippen LogP contribution is 2.29. The zero-order valence-electron chi connectivity index (χ0n) is 8.31. The van der Waals surface area contributed by atoms with Crippen LogP contribution in [-0.4, -0.2) is 24.0 Å². The Hall–Kier alpha value is -2.04. The number of Topliss-reactive ketones (excluding diaryl/α,β-unsaturated/α-hetero) is 1. The molecule has 0 spiro atoms. The molecule has 80 valence electrons. The van der Waals surface area contributed by atoms with Gasteiger partial charge in [0.15, 0.2) is 11.5 Å². The first-order chi connectivity index (χ1) is 7.04. The van der Waals surface area contributed by atoms with Crippen molar-refractivity contribution in [3.8, 4) is 17.2 Å². The Morgan fingerprint density at radius 3 is 2.53 bits per heavy atom. The molecule has 0 radical (unpaired) electrons. The first-order valence-corrected chi connectivity index (χ1v) is 4.14. The molecule has 5 heteroatoms. The van der Waals surface area contributed by atoms with Gasteiger partial charge in [0.25, 0.3) is 0 Å². The summed E-state index contributed by atoms with van der Waals surface area (Å²) in [5.74, 6) is -1.40. The van der Waals surface area contributed by atoms with Gasteiger partial charge in [-0.1, -0.05) is 0 Å². The lowest BCUT2D eigenvalue weighted by Gasteiger charge is -2.06. The van der Waals surface area contributed by atoms with E-state index in [0.29, 0.717) is 0 Å². The predicted octanol–water partition coefficient (Wildman–Crippen LogP) is 0.895. The number of carbonyl (C=O) groups is 2. The second kappa shape index (κ2) is 4.45. The number of ketones is 1. The summed E-state index contributed by atoms with van der Waals surface area (Å²) in [5, 5.41) is 9.25. The van der Waals surface area contributed by atoms with Crippen molar-refractivity contribution in [2.75, 3.05) is 7.11 Å². The summed E-state index contributed by atoms with van der Waals surface area (Å²) < 4.78 is 9.50. The van der Waals surface area contributed by atoms with Gasteiger partial charge >= 0.3 is 5.97 Å². The van der Waals surface area contributed by atoms with Crippen molar-refractivity contribution < 1.29 is 24.2 Å². The molecular weight excluding hydrogens is 200 g/mol. The number of carbonyl (C=O) groups excluding carboxylic acids is 2. The Bertz CT molecular complexity index is 397. The molecule has 1 rings (SSSR count). The average Bonchev–Trinajstić information content (AvgIpc) is 2.20. The molecule has 0 heterocycles. The molecular formula is C10H10O5. The number of aromatic hydroxyl groups is 1. The first kappa shape index (κ1) is 11.0. The van der Waals surface area contributed by atoms with Crippen molar-refractivity contribution in [3.63, 3.8) is 0 Å². The molecule has 0 aliphatic heterocycles. The standard InChI is InChI=1S/C10H10O5/c1-6(11)10(13)15-7-3-4-8(12)9(5-7)14-2/h3-5,12H,1-2H3. The van der Waals surface area contributed by atoms with Crippen LogP contribution in [0.2, 0.25) is 0 Å². The minimum absolute atomic E-state index is 0.0693. The van der Waals surface area contributed by atoms with Crippen LogP contribution in [0.25, 0.3) is 0 Å². The van der Waals surface area contributed by atoms with Crippen LogP contribution in [0.4, 0.5) is 0 Å². The fourth-order valence-electron chi connectivity index (χ4n) is 0.900. The number of hydrogen-bond acceptors (Lipinski definition) is 5. The second-order valence-corrected chi connectivity index (χ2v) is 2.78. The molecule has 1 aromatic carbocycles. The maximum atomic E-state index is 10.9. The van der Waals surface area contributed by atoms with Crippen molar-refractivity contribution in [2.45, 2.75) is 6.92 Å². The third-order valence-electron chi connectivity index (χ3n) is 1.65. The van der Waals surface area contributed by atoms with Crippen LogP contribution < -0.4 is 9.47 Å². The van der Waals surface area contributed by atoms with Gasteiger partial charge in [0.2, 0.25) is 5.78 Å². The Morgan fingerprint density at radius 1 is 1.33 bits per heavy atom. The molecule has 0 aliphatic rings. The highest BCUT2D eigenvalue weighted by Gasteiger charge is 2.11. The molecule has 5 nitrogen and oxygen atoms in total. The molecule has 0 saturated heterocycles. The van der Waals surface area contributed by atoms with Crippen molar-refractivity contribution in [1.82, 2.24) is 0 Å². The quantitative estimate of drug-likeness (QED) is 0.455. The number of benzene rings is 1. The van der Waals surface area contributed by atoms with Crippen LogP contribution in [0.5, 0.6) is 17.2 Å². The van der Waals surface area contributed by atoms with E-state index < -0.39 is 11.8 Å². The van der Waals surface area contributed by atoms with E-state index in [4.69, 9.17) is 9.47 Å². The van der Waals surface area contributed by atoms with Gasteiger partial charge in [0.1, 0.15) is 5.75 Å². The van der Waals surface area contributed by atoms with Gasteiger partial charge in [-0.3, -0.25) is 4.79 Å². The molecule has 0 saturated carbocycles. The van der Waals surface area contributed by atoms with E-state index in [-0.39, 0.29) is 17.2 Å². The molecule has 15 heavy (non-hydrogen) atoms. The largest absolute Gasteiger partial charge is 0.504 e. The maximum absolute atomic E-state index is 10.9. The van der Waals surface area contributed by atoms with Crippen LogP contribution in [0.3, 0.4) is 0 Å². The van der Waals surface area contributed by atoms with E-state index >= 15 is 0 Å². The monoisotopic (exact) mass is 210 g/mol. The van der Waals surface area contributed by atoms with E-state index in [0.717, 1.165) is 6.92 Å². The van der Waals surface area contributed by atoms with Gasteiger partial charge in [0.05, 0.1) is 7.11 Å². The lowest BCUT2D eigenvalue weighted by atomic mass is 10.3. The lowest BCUT2D eigenvalue weighted by molar-refractivity contribution is -0.146. The molecule has 0 aromatic heterocycles. The summed E-state index contributed by atoms with van der Waals surface area (Å²) in [7, 11) is 1.37. The van der Waals surface area contributed by atoms with Gasteiger partial charge in [-0.2, -0.15) is 0 Å². The van der Waals surface area contributed by atoms with Gasteiger partial charge in [0, 0.05) is 13.0 Å². The van der Waals surface area contributed by atoms with Crippen LogP contribution in [-0.2, 0) is 9.59 Å². The Kier molecular flexibility index (Phi) is 3.28. The summed E-state index contributed by atoms with van der Waals surface area (Å²) in [4.78, 5) is 21.5. The number of rotatable bonds is 3. The minimum atomic E-state index is -0.956. The number of phenols is 1. The van der Waals surface area contributed by atoms with E-state index in [1.54, 1.807) is 0 Å². The molecule has 0 amide bonds. The number of hydrogen-bond donors (Lipinski definition) is 1. The van der Waals surface area contributed by atoms with Crippen LogP contribution >= 0.6 is 0 Å². The third kappa shape index (κ3) is 2.70. The minimum Gasteiger partial charge on any atom is -0.504 e. The highest BCUT2D eigenvalue weighted by atomic mass is 16.5. The van der Waals surface area contributed by atoms with Gasteiger partial charge in [-0.25, -0.2) is 4.79 Å². The summed E-state index contributed by atoms with van der Waals surface area (Å²) in [6.45, 7) is 1.11. The van der Waals surface area contributed by atoms with Crippen molar-refractivity contribution >= 4 is 11.8 Å². The van der Waals surface area contributed by atoms with Crippen molar-refractivity contribution in [1.29, 1.82) is 0 Å². The van der Waals surface area contributed by atoms with E-state index in [9.17, 15) is 14.7 Å². The number of methoxy groups -OCH3 is 1. The molecule has 0 atom stereocenters. The summed E-state index contributed by atoms with van der Waals surface area (Å²) in [6.07, 6.45) is 0. The van der Waals surface area contributed by atoms with Crippen LogP contribution in [0.1, 0.15) is 6.92 Å². The fraction of sp³-hybridized carbons (Fsp3) is 0.200.